The zero-order valence-electron chi connectivity index (χ0n) is 17.8. The Labute approximate surface area is 183 Å². The number of aliphatic hydroxyl groups is 2. The second-order valence-electron chi connectivity index (χ2n) is 8.99. The number of rotatable bonds is 3. The quantitative estimate of drug-likeness (QED) is 0.368. The molecule has 5 atom stereocenters. The van der Waals surface area contributed by atoms with Crippen molar-refractivity contribution >= 4 is 23.4 Å². The molecule has 1 amide bonds. The van der Waals surface area contributed by atoms with E-state index in [0.29, 0.717) is 5.56 Å². The van der Waals surface area contributed by atoms with E-state index >= 15 is 0 Å². The molecular formula is C22H24N2O8. The zero-order valence-corrected chi connectivity index (χ0v) is 17.8. The van der Waals surface area contributed by atoms with Gasteiger partial charge in [-0.1, -0.05) is 12.1 Å². The summed E-state index contributed by atoms with van der Waals surface area (Å²) in [6.45, 7) is 1.61. The van der Waals surface area contributed by atoms with Gasteiger partial charge in [0.05, 0.1) is 6.04 Å². The van der Waals surface area contributed by atoms with E-state index in [1.54, 1.807) is 33.2 Å². The third-order valence-electron chi connectivity index (χ3n) is 7.09. The second-order valence-corrected chi connectivity index (χ2v) is 8.99. The van der Waals surface area contributed by atoms with Crippen LogP contribution in [0.1, 0.15) is 35.7 Å². The van der Waals surface area contributed by atoms with Gasteiger partial charge in [-0.05, 0) is 33.5 Å². The van der Waals surface area contributed by atoms with Gasteiger partial charge >= 0.3 is 5.97 Å². The molecule has 0 saturated heterocycles. The Morgan fingerprint density at radius 2 is 1.88 bits per heavy atom. The summed E-state index contributed by atoms with van der Waals surface area (Å²) in [5.74, 6) is -6.68. The van der Waals surface area contributed by atoms with Crippen LogP contribution in [0.15, 0.2) is 29.5 Å². The average molecular weight is 444 g/mol. The lowest BCUT2D eigenvalue weighted by atomic mass is 9.58. The molecule has 2 aliphatic carbocycles. The molecule has 0 unspecified atom stereocenters. The number of aliphatic hydroxyl groups excluding tert-OH is 1. The molecule has 0 spiro atoms. The first-order chi connectivity index (χ1) is 14.9. The number of esters is 1. The fourth-order valence-corrected chi connectivity index (χ4v) is 5.47. The van der Waals surface area contributed by atoms with E-state index in [1.807, 2.05) is 0 Å². The summed E-state index contributed by atoms with van der Waals surface area (Å²) in [6, 6.07) is 3.39. The molecule has 170 valence electrons. The average Bonchev–Trinajstić information content (AvgIpc) is 2.96. The number of hydrogen-bond acceptors (Lipinski definition) is 9. The Hall–Kier alpha value is -3.24. The maximum absolute atomic E-state index is 13.3. The molecule has 1 aliphatic heterocycles. The monoisotopic (exact) mass is 444 g/mol. The van der Waals surface area contributed by atoms with Crippen LogP contribution < -0.4 is 5.73 Å². The molecule has 1 heterocycles. The number of carbonyl (C=O) groups excluding carboxylic acids is 4. The van der Waals surface area contributed by atoms with Crippen molar-refractivity contribution in [3.05, 3.63) is 40.7 Å². The Kier molecular flexibility index (Phi) is 4.72. The number of cyclic esters (lactones) is 1. The van der Waals surface area contributed by atoms with Crippen LogP contribution in [0.2, 0.25) is 0 Å². The van der Waals surface area contributed by atoms with Gasteiger partial charge < -0.3 is 25.8 Å². The van der Waals surface area contributed by atoms with E-state index in [0.717, 1.165) is 0 Å². The summed E-state index contributed by atoms with van der Waals surface area (Å²) in [7, 11) is 3.09. The molecule has 10 nitrogen and oxygen atoms in total. The highest BCUT2D eigenvalue weighted by Crippen LogP contribution is 2.54. The number of benzene rings is 1. The molecule has 1 aromatic carbocycles. The standard InChI is InChI=1S/C22H24N2O8/c1-21(10-5-4-6-12(25)14(10)20(30)32-21)9-7-11-16(24(2)3)17(27)15(19(23)29)18(28)22(11,31)13(26)8-9/h4-6,9,11,16,25,28,31H,7-8H2,1-3H3,(H2,23,29)/t9-,11-,16-,21-,22-/m0/s1. The zero-order chi connectivity index (χ0) is 23.7. The number of likely N-dealkylation sites (N-methyl/N-ethyl adjacent to an activating group) is 1. The van der Waals surface area contributed by atoms with E-state index in [-0.39, 0.29) is 24.2 Å². The minimum atomic E-state index is -2.48. The topological polar surface area (TPSA) is 167 Å². The minimum Gasteiger partial charge on any atom is -0.508 e. The highest BCUT2D eigenvalue weighted by atomic mass is 16.6. The number of amides is 1. The second kappa shape index (κ2) is 6.88. The van der Waals surface area contributed by atoms with Crippen molar-refractivity contribution in [2.24, 2.45) is 17.6 Å². The number of phenolic OH excluding ortho intramolecular Hbond substituents is 1. The van der Waals surface area contributed by atoms with Gasteiger partial charge in [-0.25, -0.2) is 4.79 Å². The lowest BCUT2D eigenvalue weighted by molar-refractivity contribution is -0.166. The smallest absolute Gasteiger partial charge is 0.343 e. The van der Waals surface area contributed by atoms with Gasteiger partial charge in [0.2, 0.25) is 0 Å². The van der Waals surface area contributed by atoms with E-state index in [2.05, 4.69) is 0 Å². The van der Waals surface area contributed by atoms with Gasteiger partial charge in [0.25, 0.3) is 5.91 Å². The predicted molar refractivity (Wildman–Crippen MR) is 108 cm³/mol. The lowest BCUT2D eigenvalue weighted by Gasteiger charge is -2.50. The number of Topliss-reactive ketones (excluding diaryl/α,β-unsaturated/α-hetero) is 2. The summed E-state index contributed by atoms with van der Waals surface area (Å²) < 4.78 is 5.63. The molecule has 1 aromatic rings. The molecule has 3 aliphatic rings. The van der Waals surface area contributed by atoms with E-state index in [1.165, 1.54) is 11.0 Å². The first-order valence-electron chi connectivity index (χ1n) is 10.1. The van der Waals surface area contributed by atoms with Crippen LogP contribution >= 0.6 is 0 Å². The molecule has 5 N–H and O–H groups in total. The lowest BCUT2D eigenvalue weighted by Crippen LogP contribution is -2.65. The number of aromatic hydroxyl groups is 1. The summed E-state index contributed by atoms with van der Waals surface area (Å²) in [5, 5.41) is 32.1. The van der Waals surface area contributed by atoms with Crippen molar-refractivity contribution in [1.82, 2.24) is 4.90 Å². The first-order valence-corrected chi connectivity index (χ1v) is 10.1. The number of nitrogens with zero attached hydrogens (tertiary/aromatic N) is 1. The van der Waals surface area contributed by atoms with Crippen LogP contribution in [-0.4, -0.2) is 69.4 Å². The Balaban J connectivity index is 1.84. The van der Waals surface area contributed by atoms with Crippen molar-refractivity contribution in [3.8, 4) is 5.75 Å². The third kappa shape index (κ3) is 2.66. The molecule has 1 fully saturated rings. The van der Waals surface area contributed by atoms with Gasteiger partial charge in [-0.3, -0.25) is 19.3 Å². The van der Waals surface area contributed by atoms with Crippen molar-refractivity contribution in [2.75, 3.05) is 14.1 Å². The molecule has 0 radical (unpaired) electrons. The van der Waals surface area contributed by atoms with Crippen molar-refractivity contribution in [2.45, 2.75) is 37.0 Å². The number of ether oxygens (including phenoxy) is 1. The van der Waals surface area contributed by atoms with Crippen molar-refractivity contribution < 1.29 is 39.2 Å². The maximum atomic E-state index is 13.3. The summed E-state index contributed by atoms with van der Waals surface area (Å²) in [5.41, 5.74) is 1.08. The molecule has 10 heteroatoms. The third-order valence-corrected chi connectivity index (χ3v) is 7.09. The Bertz CT molecular complexity index is 1110. The van der Waals surface area contributed by atoms with Gasteiger partial charge in [-0.15, -0.1) is 0 Å². The van der Waals surface area contributed by atoms with Crippen LogP contribution in [0.4, 0.5) is 0 Å². The summed E-state index contributed by atoms with van der Waals surface area (Å²) in [6.07, 6.45) is -0.303. The van der Waals surface area contributed by atoms with Crippen molar-refractivity contribution in [3.63, 3.8) is 0 Å². The van der Waals surface area contributed by atoms with E-state index in [9.17, 15) is 34.5 Å². The largest absolute Gasteiger partial charge is 0.508 e. The number of primary amides is 1. The minimum absolute atomic E-state index is 0.00548. The number of fused-ring (bicyclic) bond motifs is 2. The predicted octanol–water partition coefficient (Wildman–Crippen LogP) is -0.0855. The van der Waals surface area contributed by atoms with Gasteiger partial charge in [0.1, 0.15) is 28.2 Å². The van der Waals surface area contributed by atoms with Gasteiger partial charge in [0, 0.05) is 23.8 Å². The summed E-state index contributed by atoms with van der Waals surface area (Å²) >= 11 is 0. The maximum Gasteiger partial charge on any atom is 0.343 e. The van der Waals surface area contributed by atoms with E-state index < -0.39 is 63.9 Å². The number of ketones is 2. The summed E-state index contributed by atoms with van der Waals surface area (Å²) in [4.78, 5) is 52.1. The van der Waals surface area contributed by atoms with Crippen LogP contribution in [0, 0.1) is 11.8 Å². The van der Waals surface area contributed by atoms with Gasteiger partial charge in [0.15, 0.2) is 17.2 Å². The SMILES string of the molecule is CN(C)[C@@H]1C(=O)C(C(N)=O)=C(O)[C@@]2(O)C(=O)C[C@@H]([C@]3(C)OC(=O)c4c(O)cccc43)C[C@@H]12. The van der Waals surface area contributed by atoms with Crippen molar-refractivity contribution in [1.29, 1.82) is 0 Å². The van der Waals surface area contributed by atoms with Crippen LogP contribution in [0.3, 0.4) is 0 Å². The fourth-order valence-electron chi connectivity index (χ4n) is 5.47. The molecule has 0 aromatic heterocycles. The normalized spacial score (nSPS) is 34.4. The van der Waals surface area contributed by atoms with Crippen LogP contribution in [0.5, 0.6) is 5.75 Å². The molecule has 4 rings (SSSR count). The fraction of sp³-hybridized carbons (Fsp3) is 0.455. The number of hydrogen-bond donors (Lipinski definition) is 4. The Morgan fingerprint density at radius 3 is 2.47 bits per heavy atom. The highest BCUT2D eigenvalue weighted by molar-refractivity contribution is 6.23. The molecule has 0 bridgehead atoms. The van der Waals surface area contributed by atoms with Gasteiger partial charge in [-0.2, -0.15) is 0 Å². The van der Waals surface area contributed by atoms with Crippen LogP contribution in [0.25, 0.3) is 0 Å². The number of phenols is 1. The number of nitrogens with two attached hydrogens (primary N) is 1. The Morgan fingerprint density at radius 1 is 1.22 bits per heavy atom. The molecular weight excluding hydrogens is 420 g/mol. The molecule has 32 heavy (non-hydrogen) atoms. The highest BCUT2D eigenvalue weighted by Gasteiger charge is 2.64. The van der Waals surface area contributed by atoms with E-state index in [4.69, 9.17) is 10.5 Å². The van der Waals surface area contributed by atoms with Crippen LogP contribution in [-0.2, 0) is 24.7 Å². The first kappa shape index (κ1) is 22.0. The number of carbonyl (C=O) groups is 4. The molecule has 1 saturated carbocycles.